The molecule has 5 heteroatoms. The molecule has 1 saturated heterocycles. The van der Waals surface area contributed by atoms with Crippen LogP contribution in [0.25, 0.3) is 0 Å². The maximum atomic E-state index is 11.8. The quantitative estimate of drug-likeness (QED) is 0.930. The maximum Gasteiger partial charge on any atom is 0.223 e. The number of halogens is 2. The molecule has 0 aliphatic carbocycles. The Hall–Kier alpha value is -0.580. The molecule has 17 heavy (non-hydrogen) atoms. The van der Waals surface area contributed by atoms with Crippen LogP contribution < -0.4 is 5.73 Å². The molecule has 92 valence electrons. The Kier molecular flexibility index (Phi) is 4.07. The van der Waals surface area contributed by atoms with Gasteiger partial charge in [-0.1, -0.05) is 27.5 Å². The van der Waals surface area contributed by atoms with Gasteiger partial charge in [-0.2, -0.15) is 0 Å². The lowest BCUT2D eigenvalue weighted by Crippen LogP contribution is -2.25. The van der Waals surface area contributed by atoms with E-state index in [-0.39, 0.29) is 11.8 Å². The van der Waals surface area contributed by atoms with E-state index < -0.39 is 0 Å². The molecule has 0 aromatic heterocycles. The van der Waals surface area contributed by atoms with Crippen LogP contribution in [0.2, 0.25) is 5.02 Å². The monoisotopic (exact) mass is 316 g/mol. The highest BCUT2D eigenvalue weighted by Crippen LogP contribution is 2.25. The number of amides is 1. The van der Waals surface area contributed by atoms with Gasteiger partial charge in [0.05, 0.1) is 0 Å². The van der Waals surface area contributed by atoms with E-state index in [2.05, 4.69) is 15.9 Å². The number of nitrogens with zero attached hydrogens (tertiary/aromatic N) is 1. The third-order valence-corrected chi connectivity index (χ3v) is 3.86. The second-order valence-electron chi connectivity index (χ2n) is 4.32. The normalized spacial score (nSPS) is 20.1. The van der Waals surface area contributed by atoms with Gasteiger partial charge < -0.3 is 10.6 Å². The molecule has 2 rings (SSSR count). The topological polar surface area (TPSA) is 46.3 Å². The number of likely N-dealkylation sites (tertiary alicyclic amines) is 1. The number of carbonyl (C=O) groups is 1. The summed E-state index contributed by atoms with van der Waals surface area (Å²) in [7, 11) is 0. The summed E-state index contributed by atoms with van der Waals surface area (Å²) in [5, 5.41) is 0.692. The Bertz CT molecular complexity index is 439. The molecule has 1 unspecified atom stereocenters. The Labute approximate surface area is 114 Å². The smallest absolute Gasteiger partial charge is 0.223 e. The predicted octanol–water partition coefficient (Wildman–Crippen LogP) is 2.41. The predicted molar refractivity (Wildman–Crippen MR) is 71.7 cm³/mol. The zero-order chi connectivity index (χ0) is 12.4. The molecule has 0 saturated carbocycles. The molecule has 1 aliphatic heterocycles. The minimum absolute atomic E-state index is 0.163. The summed E-state index contributed by atoms with van der Waals surface area (Å²) in [6.07, 6.45) is 0.558. The minimum atomic E-state index is 0.163. The van der Waals surface area contributed by atoms with E-state index in [1.165, 1.54) is 0 Å². The average molecular weight is 318 g/mol. The molecule has 0 bridgehead atoms. The van der Waals surface area contributed by atoms with Gasteiger partial charge in [-0.05, 0) is 36.2 Å². The van der Waals surface area contributed by atoms with Crippen LogP contribution in [-0.2, 0) is 11.3 Å². The Balaban J connectivity index is 2.11. The van der Waals surface area contributed by atoms with Crippen LogP contribution in [0, 0.1) is 5.92 Å². The van der Waals surface area contributed by atoms with Crippen LogP contribution in [0.3, 0.4) is 0 Å². The Morgan fingerprint density at radius 2 is 2.29 bits per heavy atom. The molecule has 2 N–H and O–H groups in total. The number of rotatable bonds is 3. The summed E-state index contributed by atoms with van der Waals surface area (Å²) in [6, 6.07) is 5.67. The SMILES string of the molecule is NCC1CC(=O)N(Cc2cc(Br)ccc2Cl)C1. The molecule has 1 aromatic carbocycles. The van der Waals surface area contributed by atoms with Crippen molar-refractivity contribution in [1.82, 2.24) is 4.90 Å². The van der Waals surface area contributed by atoms with Gasteiger partial charge in [-0.3, -0.25) is 4.79 Å². The van der Waals surface area contributed by atoms with Gasteiger partial charge in [0.15, 0.2) is 0 Å². The first-order chi connectivity index (χ1) is 8.10. The molecular weight excluding hydrogens is 304 g/mol. The zero-order valence-corrected chi connectivity index (χ0v) is 11.7. The van der Waals surface area contributed by atoms with Crippen molar-refractivity contribution in [2.24, 2.45) is 11.7 Å². The Morgan fingerprint density at radius 3 is 2.94 bits per heavy atom. The van der Waals surface area contributed by atoms with Crippen molar-refractivity contribution in [2.45, 2.75) is 13.0 Å². The van der Waals surface area contributed by atoms with E-state index in [1.54, 1.807) is 0 Å². The minimum Gasteiger partial charge on any atom is -0.338 e. The molecule has 3 nitrogen and oxygen atoms in total. The Morgan fingerprint density at radius 1 is 1.53 bits per heavy atom. The summed E-state index contributed by atoms with van der Waals surface area (Å²) in [5.74, 6) is 0.449. The number of benzene rings is 1. The van der Waals surface area contributed by atoms with Crippen LogP contribution in [0.15, 0.2) is 22.7 Å². The van der Waals surface area contributed by atoms with Gasteiger partial charge in [-0.25, -0.2) is 0 Å². The summed E-state index contributed by atoms with van der Waals surface area (Å²) in [6.45, 7) is 1.86. The van der Waals surface area contributed by atoms with Crippen LogP contribution in [0.5, 0.6) is 0 Å². The van der Waals surface area contributed by atoms with Gasteiger partial charge in [0.1, 0.15) is 0 Å². The first-order valence-corrected chi connectivity index (χ1v) is 6.69. The molecule has 1 aliphatic rings. The number of hydrogen-bond acceptors (Lipinski definition) is 2. The number of carbonyl (C=O) groups excluding carboxylic acids is 1. The van der Waals surface area contributed by atoms with E-state index in [1.807, 2.05) is 23.1 Å². The van der Waals surface area contributed by atoms with Crippen molar-refractivity contribution in [2.75, 3.05) is 13.1 Å². The van der Waals surface area contributed by atoms with Gasteiger partial charge >= 0.3 is 0 Å². The summed E-state index contributed by atoms with van der Waals surface area (Å²) in [4.78, 5) is 13.6. The van der Waals surface area contributed by atoms with Crippen LogP contribution >= 0.6 is 27.5 Å². The van der Waals surface area contributed by atoms with Crippen molar-refractivity contribution in [3.8, 4) is 0 Å². The summed E-state index contributed by atoms with van der Waals surface area (Å²) < 4.78 is 0.971. The highest BCUT2D eigenvalue weighted by molar-refractivity contribution is 9.10. The number of hydrogen-bond donors (Lipinski definition) is 1. The lowest BCUT2D eigenvalue weighted by Gasteiger charge is -2.17. The highest BCUT2D eigenvalue weighted by Gasteiger charge is 2.28. The van der Waals surface area contributed by atoms with E-state index in [0.717, 1.165) is 16.6 Å². The lowest BCUT2D eigenvalue weighted by molar-refractivity contribution is -0.128. The second kappa shape index (κ2) is 5.38. The highest BCUT2D eigenvalue weighted by atomic mass is 79.9. The molecular formula is C12H14BrClN2O. The van der Waals surface area contributed by atoms with Gasteiger partial charge in [0.2, 0.25) is 5.91 Å². The molecule has 0 radical (unpaired) electrons. The molecule has 1 aromatic rings. The third kappa shape index (κ3) is 3.00. The number of nitrogens with two attached hydrogens (primary N) is 1. The van der Waals surface area contributed by atoms with Crippen molar-refractivity contribution in [3.63, 3.8) is 0 Å². The van der Waals surface area contributed by atoms with E-state index in [4.69, 9.17) is 17.3 Å². The first-order valence-electron chi connectivity index (χ1n) is 5.52. The lowest BCUT2D eigenvalue weighted by atomic mass is 10.1. The van der Waals surface area contributed by atoms with Crippen LogP contribution in [0.4, 0.5) is 0 Å². The molecule has 1 fully saturated rings. The standard InChI is InChI=1S/C12H14BrClN2O/c13-10-1-2-11(14)9(4-10)7-16-6-8(5-15)3-12(16)17/h1-2,4,8H,3,5-7,15H2. The molecule has 1 heterocycles. The average Bonchev–Trinajstić information content (AvgIpc) is 2.65. The van der Waals surface area contributed by atoms with Crippen molar-refractivity contribution >= 4 is 33.4 Å². The van der Waals surface area contributed by atoms with Crippen molar-refractivity contribution < 1.29 is 4.79 Å². The van der Waals surface area contributed by atoms with E-state index in [0.29, 0.717) is 24.5 Å². The van der Waals surface area contributed by atoms with Crippen LogP contribution in [-0.4, -0.2) is 23.9 Å². The largest absolute Gasteiger partial charge is 0.338 e. The zero-order valence-electron chi connectivity index (χ0n) is 9.33. The summed E-state index contributed by atoms with van der Waals surface area (Å²) in [5.41, 5.74) is 6.56. The van der Waals surface area contributed by atoms with E-state index in [9.17, 15) is 4.79 Å². The van der Waals surface area contributed by atoms with Crippen molar-refractivity contribution in [3.05, 3.63) is 33.3 Å². The van der Waals surface area contributed by atoms with Gasteiger partial charge in [-0.15, -0.1) is 0 Å². The fraction of sp³-hybridized carbons (Fsp3) is 0.417. The molecule has 1 atom stereocenters. The van der Waals surface area contributed by atoms with Gasteiger partial charge in [0, 0.05) is 29.0 Å². The fourth-order valence-electron chi connectivity index (χ4n) is 2.03. The third-order valence-electron chi connectivity index (χ3n) is 3.00. The second-order valence-corrected chi connectivity index (χ2v) is 5.64. The van der Waals surface area contributed by atoms with Crippen LogP contribution in [0.1, 0.15) is 12.0 Å². The van der Waals surface area contributed by atoms with Gasteiger partial charge in [0.25, 0.3) is 0 Å². The molecule has 0 spiro atoms. The maximum absolute atomic E-state index is 11.8. The van der Waals surface area contributed by atoms with Crippen molar-refractivity contribution in [1.29, 1.82) is 0 Å². The fourth-order valence-corrected chi connectivity index (χ4v) is 2.62. The summed E-state index contributed by atoms with van der Waals surface area (Å²) >= 11 is 9.51. The molecule has 1 amide bonds. The first kappa shape index (κ1) is 12.9. The van der Waals surface area contributed by atoms with E-state index >= 15 is 0 Å².